The van der Waals surface area contributed by atoms with Crippen LogP contribution in [0.3, 0.4) is 0 Å². The molecule has 0 aliphatic heterocycles. The molecule has 2 nitrogen and oxygen atoms in total. The van der Waals surface area contributed by atoms with Gasteiger partial charge < -0.3 is 9.84 Å². The van der Waals surface area contributed by atoms with Crippen molar-refractivity contribution < 1.29 is 9.84 Å². The van der Waals surface area contributed by atoms with Gasteiger partial charge in [-0.15, -0.1) is 0 Å². The molecule has 94 valence electrons. The first kappa shape index (κ1) is 13.1. The molecule has 2 aromatic rings. The Balaban J connectivity index is 2.16. The molecule has 0 aliphatic carbocycles. The van der Waals surface area contributed by atoms with Crippen molar-refractivity contribution in [2.24, 2.45) is 0 Å². The first-order valence-corrected chi connectivity index (χ1v) is 6.56. The maximum absolute atomic E-state index is 9.34. The molecule has 0 heterocycles. The average Bonchev–Trinajstić information content (AvgIpc) is 2.41. The van der Waals surface area contributed by atoms with Gasteiger partial charge in [-0.25, -0.2) is 0 Å². The van der Waals surface area contributed by atoms with Crippen molar-refractivity contribution in [1.29, 1.82) is 0 Å². The summed E-state index contributed by atoms with van der Waals surface area (Å²) >= 11 is 3.47. The van der Waals surface area contributed by atoms with Gasteiger partial charge in [0.2, 0.25) is 0 Å². The van der Waals surface area contributed by atoms with Crippen LogP contribution in [0.4, 0.5) is 0 Å². The van der Waals surface area contributed by atoms with Gasteiger partial charge in [-0.05, 0) is 30.2 Å². The van der Waals surface area contributed by atoms with Crippen molar-refractivity contribution in [2.75, 3.05) is 0 Å². The van der Waals surface area contributed by atoms with E-state index in [9.17, 15) is 5.11 Å². The van der Waals surface area contributed by atoms with Crippen LogP contribution in [0.25, 0.3) is 0 Å². The van der Waals surface area contributed by atoms with E-state index in [-0.39, 0.29) is 6.61 Å². The minimum absolute atomic E-state index is 0.0156. The van der Waals surface area contributed by atoms with Gasteiger partial charge >= 0.3 is 0 Å². The molecule has 0 saturated heterocycles. The topological polar surface area (TPSA) is 29.5 Å². The number of aryl methyl sites for hydroxylation is 1. The molecule has 0 unspecified atom stereocenters. The third-order valence-corrected chi connectivity index (χ3v) is 3.60. The summed E-state index contributed by atoms with van der Waals surface area (Å²) in [5.41, 5.74) is 3.01. The summed E-state index contributed by atoms with van der Waals surface area (Å²) in [4.78, 5) is 0. The highest BCUT2D eigenvalue weighted by atomic mass is 79.9. The van der Waals surface area contributed by atoms with Crippen LogP contribution in [-0.4, -0.2) is 5.11 Å². The van der Waals surface area contributed by atoms with Gasteiger partial charge in [0.25, 0.3) is 0 Å². The van der Waals surface area contributed by atoms with E-state index in [2.05, 4.69) is 15.9 Å². The summed E-state index contributed by atoms with van der Waals surface area (Å²) in [7, 11) is 0. The van der Waals surface area contributed by atoms with E-state index in [1.54, 1.807) is 0 Å². The number of rotatable bonds is 4. The highest BCUT2D eigenvalue weighted by Crippen LogP contribution is 2.28. The Hall–Kier alpha value is -1.32. The van der Waals surface area contributed by atoms with Crippen molar-refractivity contribution in [1.82, 2.24) is 0 Å². The van der Waals surface area contributed by atoms with Crippen LogP contribution in [0.1, 0.15) is 16.7 Å². The zero-order chi connectivity index (χ0) is 13.0. The van der Waals surface area contributed by atoms with E-state index in [0.29, 0.717) is 6.61 Å². The molecule has 2 rings (SSSR count). The quantitative estimate of drug-likeness (QED) is 0.930. The van der Waals surface area contributed by atoms with Crippen LogP contribution < -0.4 is 4.74 Å². The molecular weight excluding hydrogens is 292 g/mol. The molecule has 0 spiro atoms. The molecule has 0 fully saturated rings. The number of aliphatic hydroxyl groups excluding tert-OH is 1. The fourth-order valence-corrected chi connectivity index (χ4v) is 2.04. The van der Waals surface area contributed by atoms with Crippen molar-refractivity contribution in [3.8, 4) is 5.75 Å². The Labute approximate surface area is 115 Å². The Morgan fingerprint density at radius 2 is 1.89 bits per heavy atom. The second kappa shape index (κ2) is 6.03. The number of ether oxygens (including phenoxy) is 1. The maximum atomic E-state index is 9.34. The van der Waals surface area contributed by atoms with E-state index in [4.69, 9.17) is 4.74 Å². The molecule has 0 aromatic heterocycles. The summed E-state index contributed by atoms with van der Waals surface area (Å²) in [5.74, 6) is 0.721. The van der Waals surface area contributed by atoms with Crippen molar-refractivity contribution in [2.45, 2.75) is 20.1 Å². The molecule has 0 aliphatic rings. The van der Waals surface area contributed by atoms with Crippen LogP contribution in [0.2, 0.25) is 0 Å². The predicted octanol–water partition coefficient (Wildman–Crippen LogP) is 3.83. The molecule has 0 amide bonds. The number of hydrogen-bond acceptors (Lipinski definition) is 2. The highest BCUT2D eigenvalue weighted by Gasteiger charge is 2.07. The van der Waals surface area contributed by atoms with Crippen molar-refractivity contribution >= 4 is 15.9 Å². The van der Waals surface area contributed by atoms with E-state index in [0.717, 1.165) is 26.9 Å². The van der Waals surface area contributed by atoms with Crippen LogP contribution in [0.15, 0.2) is 46.9 Å². The van der Waals surface area contributed by atoms with Gasteiger partial charge in [0.15, 0.2) is 0 Å². The minimum Gasteiger partial charge on any atom is -0.488 e. The van der Waals surface area contributed by atoms with E-state index >= 15 is 0 Å². The van der Waals surface area contributed by atoms with Crippen LogP contribution in [-0.2, 0) is 13.2 Å². The molecular formula is C15H15BrO2. The molecule has 0 radical (unpaired) electrons. The third kappa shape index (κ3) is 3.12. The molecule has 0 bridgehead atoms. The second-order valence-electron chi connectivity index (χ2n) is 4.14. The zero-order valence-corrected chi connectivity index (χ0v) is 11.8. The van der Waals surface area contributed by atoms with Crippen LogP contribution in [0, 0.1) is 6.92 Å². The molecule has 2 aromatic carbocycles. The van der Waals surface area contributed by atoms with Gasteiger partial charge in [0.1, 0.15) is 12.4 Å². The van der Waals surface area contributed by atoms with Crippen LogP contribution in [0.5, 0.6) is 5.75 Å². The van der Waals surface area contributed by atoms with Gasteiger partial charge in [0.05, 0.1) is 6.61 Å². The summed E-state index contributed by atoms with van der Waals surface area (Å²) in [5, 5.41) is 9.34. The Bertz CT molecular complexity index is 524. The molecule has 3 heteroatoms. The Morgan fingerprint density at radius 1 is 1.17 bits per heavy atom. The van der Waals surface area contributed by atoms with Crippen LogP contribution >= 0.6 is 15.9 Å². The second-order valence-corrected chi connectivity index (χ2v) is 5.00. The van der Waals surface area contributed by atoms with E-state index < -0.39 is 0 Å². The van der Waals surface area contributed by atoms with Gasteiger partial charge in [-0.3, -0.25) is 0 Å². The monoisotopic (exact) mass is 306 g/mol. The number of hydrogen-bond donors (Lipinski definition) is 1. The Kier molecular flexibility index (Phi) is 4.39. The van der Waals surface area contributed by atoms with E-state index in [1.807, 2.05) is 49.4 Å². The normalized spacial score (nSPS) is 10.4. The van der Waals surface area contributed by atoms with Gasteiger partial charge in [0, 0.05) is 10.0 Å². The minimum atomic E-state index is -0.0156. The summed E-state index contributed by atoms with van der Waals surface area (Å²) in [6.07, 6.45) is 0. The smallest absolute Gasteiger partial charge is 0.126 e. The molecule has 18 heavy (non-hydrogen) atoms. The molecule has 1 N–H and O–H groups in total. The highest BCUT2D eigenvalue weighted by molar-refractivity contribution is 9.10. The number of aliphatic hydroxyl groups is 1. The first-order valence-electron chi connectivity index (χ1n) is 5.77. The predicted molar refractivity (Wildman–Crippen MR) is 75.6 cm³/mol. The van der Waals surface area contributed by atoms with Gasteiger partial charge in [-0.2, -0.15) is 0 Å². The lowest BCUT2D eigenvalue weighted by Gasteiger charge is -2.12. The number of halogens is 1. The van der Waals surface area contributed by atoms with Gasteiger partial charge in [-0.1, -0.05) is 46.3 Å². The third-order valence-electron chi connectivity index (χ3n) is 2.75. The summed E-state index contributed by atoms with van der Waals surface area (Å²) in [6.45, 7) is 2.48. The van der Waals surface area contributed by atoms with E-state index in [1.165, 1.54) is 0 Å². The summed E-state index contributed by atoms with van der Waals surface area (Å²) in [6, 6.07) is 13.8. The molecule has 0 saturated carbocycles. The number of benzene rings is 2. The molecule has 0 atom stereocenters. The largest absolute Gasteiger partial charge is 0.488 e. The zero-order valence-electron chi connectivity index (χ0n) is 10.2. The maximum Gasteiger partial charge on any atom is 0.126 e. The lowest BCUT2D eigenvalue weighted by molar-refractivity contribution is 0.259. The SMILES string of the molecule is Cc1cc(CO)c(OCc2ccccc2)cc1Br. The average molecular weight is 307 g/mol. The first-order chi connectivity index (χ1) is 8.70. The lowest BCUT2D eigenvalue weighted by atomic mass is 10.1. The van der Waals surface area contributed by atoms with Crippen molar-refractivity contribution in [3.63, 3.8) is 0 Å². The fraction of sp³-hybridized carbons (Fsp3) is 0.200. The Morgan fingerprint density at radius 3 is 2.56 bits per heavy atom. The summed E-state index contributed by atoms with van der Waals surface area (Å²) < 4.78 is 6.75. The standard InChI is InChI=1S/C15H15BrO2/c1-11-7-13(9-17)15(8-14(11)16)18-10-12-5-3-2-4-6-12/h2-8,17H,9-10H2,1H3. The lowest BCUT2D eigenvalue weighted by Crippen LogP contribution is -1.99. The fourth-order valence-electron chi connectivity index (χ4n) is 1.72. The van der Waals surface area contributed by atoms with Crippen molar-refractivity contribution in [3.05, 3.63) is 63.6 Å².